The molecule has 106 valence electrons. The van der Waals surface area contributed by atoms with Crippen LogP contribution in [0.5, 0.6) is 0 Å². The van der Waals surface area contributed by atoms with Crippen LogP contribution in [0.1, 0.15) is 5.76 Å². The third-order valence-corrected chi connectivity index (χ3v) is 2.96. The number of hydrogen-bond donors (Lipinski definition) is 2. The second-order valence-electron chi connectivity index (χ2n) is 4.56. The number of amides is 1. The van der Waals surface area contributed by atoms with Gasteiger partial charge in [-0.3, -0.25) is 4.79 Å². The fourth-order valence-electron chi connectivity index (χ4n) is 1.83. The van der Waals surface area contributed by atoms with E-state index in [0.717, 1.165) is 16.7 Å². The number of nitrogens with one attached hydrogen (secondary N) is 2. The molecule has 2 N–H and O–H groups in total. The molecule has 0 fully saturated rings. The van der Waals surface area contributed by atoms with Crippen molar-refractivity contribution in [1.29, 1.82) is 0 Å². The van der Waals surface area contributed by atoms with Gasteiger partial charge in [-0.2, -0.15) is 0 Å². The van der Waals surface area contributed by atoms with Crippen LogP contribution in [0, 0.1) is 5.82 Å². The highest BCUT2D eigenvalue weighted by Crippen LogP contribution is 2.18. The molecule has 1 heterocycles. The zero-order valence-electron chi connectivity index (χ0n) is 11.0. The molecule has 1 aromatic heterocycles. The van der Waals surface area contributed by atoms with Crippen molar-refractivity contribution in [3.63, 3.8) is 0 Å². The fourth-order valence-corrected chi connectivity index (χ4v) is 1.99. The number of furan rings is 1. The number of anilines is 1. The predicted molar refractivity (Wildman–Crippen MR) is 74.2 cm³/mol. The summed E-state index contributed by atoms with van der Waals surface area (Å²) in [6, 6.07) is 7.78. The molecule has 0 saturated carbocycles. The largest absolute Gasteiger partial charge is 0.463 e. The first-order chi connectivity index (χ1) is 9.54. The average molecular weight is 298 g/mol. The maximum atomic E-state index is 13.5. The normalized spacial score (nSPS) is 12.2. The van der Waals surface area contributed by atoms with E-state index in [1.807, 2.05) is 13.1 Å². The number of benzene rings is 1. The first-order valence-electron chi connectivity index (χ1n) is 6.13. The number of rotatable bonds is 5. The highest BCUT2D eigenvalue weighted by atomic mass is 35.5. The molecule has 20 heavy (non-hydrogen) atoms. The molecule has 0 aliphatic heterocycles. The van der Waals surface area contributed by atoms with Crippen molar-refractivity contribution in [3.05, 3.63) is 53.2 Å². The summed E-state index contributed by atoms with van der Waals surface area (Å²) in [5.41, 5.74) is 0.130. The van der Waals surface area contributed by atoms with Gasteiger partial charge in [-0.1, -0.05) is 11.6 Å². The van der Waals surface area contributed by atoms with Crippen LogP contribution in [0.2, 0.25) is 5.02 Å². The fraction of sp³-hybridized carbons (Fsp3) is 0.214. The van der Waals surface area contributed by atoms with Gasteiger partial charge in [0.1, 0.15) is 12.4 Å². The molecular formula is C14H15ClFN2O2+. The van der Waals surface area contributed by atoms with Crippen LogP contribution in [0.4, 0.5) is 10.1 Å². The van der Waals surface area contributed by atoms with E-state index in [1.54, 1.807) is 12.3 Å². The minimum Gasteiger partial charge on any atom is -0.463 e. The number of carbonyl (C=O) groups excluding carboxylic acids is 1. The molecular weight excluding hydrogens is 283 g/mol. The zero-order valence-corrected chi connectivity index (χ0v) is 11.7. The summed E-state index contributed by atoms with van der Waals surface area (Å²) in [5.74, 6) is -0.0159. The highest BCUT2D eigenvalue weighted by Gasteiger charge is 2.13. The Morgan fingerprint density at radius 1 is 1.45 bits per heavy atom. The lowest BCUT2D eigenvalue weighted by Crippen LogP contribution is -3.08. The van der Waals surface area contributed by atoms with Gasteiger partial charge in [0.2, 0.25) is 0 Å². The Morgan fingerprint density at radius 2 is 2.25 bits per heavy atom. The third kappa shape index (κ3) is 4.08. The van der Waals surface area contributed by atoms with E-state index in [-0.39, 0.29) is 18.1 Å². The first-order valence-corrected chi connectivity index (χ1v) is 6.51. The highest BCUT2D eigenvalue weighted by molar-refractivity contribution is 6.30. The van der Waals surface area contributed by atoms with E-state index in [4.69, 9.17) is 16.0 Å². The van der Waals surface area contributed by atoms with Gasteiger partial charge in [-0.05, 0) is 30.3 Å². The number of quaternary nitrogens is 1. The Labute approximate surface area is 121 Å². The molecule has 0 aliphatic rings. The molecule has 6 heteroatoms. The van der Waals surface area contributed by atoms with Crippen molar-refractivity contribution in [1.82, 2.24) is 0 Å². The van der Waals surface area contributed by atoms with Crippen LogP contribution < -0.4 is 10.2 Å². The molecule has 4 nitrogen and oxygen atoms in total. The monoisotopic (exact) mass is 297 g/mol. The van der Waals surface area contributed by atoms with Gasteiger partial charge in [0.05, 0.1) is 19.0 Å². The summed E-state index contributed by atoms with van der Waals surface area (Å²) in [6.45, 7) is 0.798. The summed E-state index contributed by atoms with van der Waals surface area (Å²) in [5, 5.41) is 2.82. The van der Waals surface area contributed by atoms with E-state index in [2.05, 4.69) is 5.32 Å². The molecule has 1 amide bonds. The van der Waals surface area contributed by atoms with E-state index in [0.29, 0.717) is 11.6 Å². The Bertz CT molecular complexity index is 587. The first kappa shape index (κ1) is 14.6. The number of likely N-dealkylation sites (N-methyl/N-ethyl adjacent to an activating group) is 1. The van der Waals surface area contributed by atoms with Gasteiger partial charge in [-0.15, -0.1) is 0 Å². The van der Waals surface area contributed by atoms with Crippen LogP contribution in [0.15, 0.2) is 41.0 Å². The van der Waals surface area contributed by atoms with E-state index in [1.165, 1.54) is 12.1 Å². The Kier molecular flexibility index (Phi) is 4.76. The topological polar surface area (TPSA) is 46.7 Å². The van der Waals surface area contributed by atoms with Crippen molar-refractivity contribution >= 4 is 23.2 Å². The Morgan fingerprint density at radius 3 is 2.90 bits per heavy atom. The summed E-state index contributed by atoms with van der Waals surface area (Å²) in [7, 11) is 1.86. The van der Waals surface area contributed by atoms with Crippen molar-refractivity contribution < 1.29 is 18.5 Å². The van der Waals surface area contributed by atoms with Gasteiger partial charge < -0.3 is 14.6 Å². The van der Waals surface area contributed by atoms with E-state index >= 15 is 0 Å². The molecule has 1 aromatic carbocycles. The lowest BCUT2D eigenvalue weighted by molar-refractivity contribution is -0.886. The quantitative estimate of drug-likeness (QED) is 0.883. The van der Waals surface area contributed by atoms with Gasteiger partial charge in [-0.25, -0.2) is 4.39 Å². The van der Waals surface area contributed by atoms with Crippen LogP contribution >= 0.6 is 11.6 Å². The molecule has 0 spiro atoms. The SMILES string of the molecule is C[NH+](CC(=O)Nc1ccc(Cl)cc1F)Cc1ccco1. The standard InChI is InChI=1S/C14H14ClFN2O2/c1-18(8-11-3-2-6-20-11)9-14(19)17-13-5-4-10(15)7-12(13)16/h2-7H,8-9H2,1H3,(H,17,19)/p+1. The minimum absolute atomic E-state index is 0.130. The minimum atomic E-state index is -0.547. The summed E-state index contributed by atoms with van der Waals surface area (Å²) < 4.78 is 18.7. The molecule has 0 bridgehead atoms. The predicted octanol–water partition coefficient (Wildman–Crippen LogP) is 1.73. The summed E-state index contributed by atoms with van der Waals surface area (Å²) in [4.78, 5) is 12.8. The Hall–Kier alpha value is -1.85. The van der Waals surface area contributed by atoms with E-state index < -0.39 is 5.82 Å². The summed E-state index contributed by atoms with van der Waals surface area (Å²) >= 11 is 5.65. The Balaban J connectivity index is 1.88. The van der Waals surface area contributed by atoms with Crippen LogP contribution in [0.3, 0.4) is 0 Å². The lowest BCUT2D eigenvalue weighted by Gasteiger charge is -2.12. The van der Waals surface area contributed by atoms with Crippen molar-refractivity contribution in [2.75, 3.05) is 18.9 Å². The molecule has 0 saturated heterocycles. The van der Waals surface area contributed by atoms with Crippen molar-refractivity contribution in [2.24, 2.45) is 0 Å². The molecule has 1 atom stereocenters. The zero-order chi connectivity index (χ0) is 14.5. The number of hydrogen-bond acceptors (Lipinski definition) is 2. The average Bonchev–Trinajstić information content (AvgIpc) is 2.85. The maximum absolute atomic E-state index is 13.5. The van der Waals surface area contributed by atoms with Gasteiger partial charge in [0, 0.05) is 5.02 Å². The van der Waals surface area contributed by atoms with E-state index in [9.17, 15) is 9.18 Å². The van der Waals surface area contributed by atoms with Gasteiger partial charge >= 0.3 is 0 Å². The smallest absolute Gasteiger partial charge is 0.279 e. The second kappa shape index (κ2) is 6.54. The number of halogens is 2. The van der Waals surface area contributed by atoms with Crippen molar-refractivity contribution in [2.45, 2.75) is 6.54 Å². The van der Waals surface area contributed by atoms with Crippen LogP contribution in [-0.4, -0.2) is 19.5 Å². The molecule has 0 radical (unpaired) electrons. The second-order valence-corrected chi connectivity index (χ2v) is 5.00. The van der Waals surface area contributed by atoms with Gasteiger partial charge in [0.15, 0.2) is 12.3 Å². The lowest BCUT2D eigenvalue weighted by atomic mass is 10.3. The summed E-state index contributed by atoms with van der Waals surface area (Å²) in [6.07, 6.45) is 1.59. The molecule has 2 aromatic rings. The van der Waals surface area contributed by atoms with Crippen LogP contribution in [-0.2, 0) is 11.3 Å². The third-order valence-electron chi connectivity index (χ3n) is 2.72. The van der Waals surface area contributed by atoms with Crippen molar-refractivity contribution in [3.8, 4) is 0 Å². The van der Waals surface area contributed by atoms with Crippen LogP contribution in [0.25, 0.3) is 0 Å². The molecule has 2 rings (SSSR count). The maximum Gasteiger partial charge on any atom is 0.279 e. The molecule has 0 aliphatic carbocycles. The molecule has 1 unspecified atom stereocenters. The van der Waals surface area contributed by atoms with Gasteiger partial charge in [0.25, 0.3) is 5.91 Å². The number of carbonyl (C=O) groups is 1.